The van der Waals surface area contributed by atoms with Gasteiger partial charge >= 0.3 is 0 Å². The molecule has 0 heterocycles. The van der Waals surface area contributed by atoms with E-state index in [0.717, 1.165) is 12.1 Å². The second-order valence-corrected chi connectivity index (χ2v) is 5.29. The lowest BCUT2D eigenvalue weighted by atomic mass is 9.92. The summed E-state index contributed by atoms with van der Waals surface area (Å²) in [7, 11) is 0. The van der Waals surface area contributed by atoms with E-state index in [1.807, 2.05) is 19.1 Å². The Morgan fingerprint density at radius 1 is 1.05 bits per heavy atom. The van der Waals surface area contributed by atoms with Crippen molar-refractivity contribution in [3.63, 3.8) is 0 Å². The van der Waals surface area contributed by atoms with Gasteiger partial charge in [0.25, 0.3) is 0 Å². The van der Waals surface area contributed by atoms with Crippen LogP contribution in [-0.2, 0) is 0 Å². The molecule has 0 bridgehead atoms. The summed E-state index contributed by atoms with van der Waals surface area (Å²) in [6, 6.07) is 11.8. The van der Waals surface area contributed by atoms with Gasteiger partial charge in [-0.25, -0.2) is 4.39 Å². The Morgan fingerprint density at radius 2 is 1.80 bits per heavy atom. The van der Waals surface area contributed by atoms with Crippen molar-refractivity contribution in [2.24, 2.45) is 0 Å². The quantitative estimate of drug-likeness (QED) is 0.866. The Labute approximate surface area is 120 Å². The number of nitrogens with one attached hydrogen (secondary N) is 1. The zero-order chi connectivity index (χ0) is 14.7. The van der Waals surface area contributed by atoms with Crippen LogP contribution in [0.1, 0.15) is 40.8 Å². The van der Waals surface area contributed by atoms with Crippen molar-refractivity contribution in [3.8, 4) is 0 Å². The molecule has 0 aliphatic carbocycles. The Morgan fingerprint density at radius 3 is 2.45 bits per heavy atom. The fraction of sp³-hybridized carbons (Fsp3) is 0.333. The summed E-state index contributed by atoms with van der Waals surface area (Å²) >= 11 is 0. The lowest BCUT2D eigenvalue weighted by molar-refractivity contribution is 0.605. The van der Waals surface area contributed by atoms with Crippen LogP contribution in [0, 0.1) is 26.6 Å². The van der Waals surface area contributed by atoms with Crippen LogP contribution in [0.5, 0.6) is 0 Å². The average Bonchev–Trinajstić information content (AvgIpc) is 2.43. The maximum absolute atomic E-state index is 13.5. The molecule has 0 fully saturated rings. The zero-order valence-electron chi connectivity index (χ0n) is 12.6. The van der Waals surface area contributed by atoms with Gasteiger partial charge in [0.15, 0.2) is 0 Å². The van der Waals surface area contributed by atoms with Crippen LogP contribution in [0.4, 0.5) is 4.39 Å². The summed E-state index contributed by atoms with van der Waals surface area (Å²) in [6.45, 7) is 9.04. The maximum atomic E-state index is 13.5. The molecule has 0 amide bonds. The molecule has 2 aromatic rings. The lowest BCUT2D eigenvalue weighted by Crippen LogP contribution is -2.23. The van der Waals surface area contributed by atoms with Crippen molar-refractivity contribution in [1.82, 2.24) is 5.32 Å². The Hall–Kier alpha value is -1.67. The molecule has 1 atom stereocenters. The van der Waals surface area contributed by atoms with Crippen LogP contribution < -0.4 is 5.32 Å². The predicted molar refractivity (Wildman–Crippen MR) is 82.6 cm³/mol. The van der Waals surface area contributed by atoms with Crippen LogP contribution >= 0.6 is 0 Å². The van der Waals surface area contributed by atoms with Crippen LogP contribution in [0.3, 0.4) is 0 Å². The van der Waals surface area contributed by atoms with E-state index in [1.165, 1.54) is 16.7 Å². The van der Waals surface area contributed by atoms with Gasteiger partial charge in [-0.2, -0.15) is 0 Å². The molecule has 0 saturated carbocycles. The highest BCUT2D eigenvalue weighted by atomic mass is 19.1. The fourth-order valence-electron chi connectivity index (χ4n) is 2.55. The Kier molecular flexibility index (Phi) is 4.56. The van der Waals surface area contributed by atoms with Crippen LogP contribution in [-0.4, -0.2) is 6.54 Å². The number of benzene rings is 2. The molecular weight excluding hydrogens is 249 g/mol. The van der Waals surface area contributed by atoms with Crippen LogP contribution in [0.25, 0.3) is 0 Å². The summed E-state index contributed by atoms with van der Waals surface area (Å²) in [5.41, 5.74) is 5.64. The highest BCUT2D eigenvalue weighted by molar-refractivity contribution is 5.41. The maximum Gasteiger partial charge on any atom is 0.126 e. The van der Waals surface area contributed by atoms with Crippen molar-refractivity contribution in [1.29, 1.82) is 0 Å². The smallest absolute Gasteiger partial charge is 0.126 e. The standard InChI is InChI=1S/C18H22FN/c1-5-20-18(15-9-10-17(19)13(3)11-15)16-8-6-7-12(2)14(16)4/h6-11,18,20H,5H2,1-4H3. The number of hydrogen-bond donors (Lipinski definition) is 1. The first-order valence-electron chi connectivity index (χ1n) is 7.10. The minimum absolute atomic E-state index is 0.110. The van der Waals surface area contributed by atoms with Crippen LogP contribution in [0.2, 0.25) is 0 Å². The summed E-state index contributed by atoms with van der Waals surface area (Å²) in [5, 5.41) is 3.51. The summed E-state index contributed by atoms with van der Waals surface area (Å²) < 4.78 is 13.5. The zero-order valence-corrected chi connectivity index (χ0v) is 12.6. The van der Waals surface area contributed by atoms with E-state index in [0.29, 0.717) is 5.56 Å². The van der Waals surface area contributed by atoms with Crippen molar-refractivity contribution in [2.45, 2.75) is 33.7 Å². The molecule has 20 heavy (non-hydrogen) atoms. The average molecular weight is 271 g/mol. The third-order valence-electron chi connectivity index (χ3n) is 3.88. The molecule has 1 N–H and O–H groups in total. The second-order valence-electron chi connectivity index (χ2n) is 5.29. The molecule has 2 heteroatoms. The van der Waals surface area contributed by atoms with Gasteiger partial charge in [-0.05, 0) is 61.2 Å². The molecule has 0 radical (unpaired) electrons. The van der Waals surface area contributed by atoms with Gasteiger partial charge in [-0.15, -0.1) is 0 Å². The minimum Gasteiger partial charge on any atom is -0.307 e. The van der Waals surface area contributed by atoms with E-state index in [2.05, 4.69) is 44.3 Å². The Bertz CT molecular complexity index is 604. The molecule has 0 aliphatic rings. The second kappa shape index (κ2) is 6.19. The summed E-state index contributed by atoms with van der Waals surface area (Å²) in [6.07, 6.45) is 0. The fourth-order valence-corrected chi connectivity index (χ4v) is 2.55. The summed E-state index contributed by atoms with van der Waals surface area (Å²) in [5.74, 6) is -0.148. The van der Waals surface area contributed by atoms with Gasteiger partial charge in [-0.3, -0.25) is 0 Å². The third kappa shape index (κ3) is 2.91. The highest BCUT2D eigenvalue weighted by Gasteiger charge is 2.16. The number of rotatable bonds is 4. The highest BCUT2D eigenvalue weighted by Crippen LogP contribution is 2.27. The number of halogens is 1. The topological polar surface area (TPSA) is 12.0 Å². The number of hydrogen-bond acceptors (Lipinski definition) is 1. The number of aryl methyl sites for hydroxylation is 2. The first-order valence-corrected chi connectivity index (χ1v) is 7.10. The van der Waals surface area contributed by atoms with E-state index >= 15 is 0 Å². The minimum atomic E-state index is -0.148. The van der Waals surface area contributed by atoms with Crippen LogP contribution in [0.15, 0.2) is 36.4 Å². The Balaban J connectivity index is 2.50. The molecule has 1 nitrogen and oxygen atoms in total. The van der Waals surface area contributed by atoms with E-state index in [9.17, 15) is 4.39 Å². The van der Waals surface area contributed by atoms with E-state index in [4.69, 9.17) is 0 Å². The van der Waals surface area contributed by atoms with E-state index < -0.39 is 0 Å². The molecular formula is C18H22FN. The molecule has 0 aliphatic heterocycles. The lowest BCUT2D eigenvalue weighted by Gasteiger charge is -2.22. The third-order valence-corrected chi connectivity index (χ3v) is 3.88. The van der Waals surface area contributed by atoms with Gasteiger partial charge in [-0.1, -0.05) is 37.3 Å². The van der Waals surface area contributed by atoms with Gasteiger partial charge < -0.3 is 5.32 Å². The molecule has 0 spiro atoms. The van der Waals surface area contributed by atoms with Gasteiger partial charge in [0.05, 0.1) is 6.04 Å². The van der Waals surface area contributed by atoms with Gasteiger partial charge in [0.1, 0.15) is 5.82 Å². The molecule has 2 rings (SSSR count). The largest absolute Gasteiger partial charge is 0.307 e. The van der Waals surface area contributed by atoms with Crippen molar-refractivity contribution in [2.75, 3.05) is 6.54 Å². The van der Waals surface area contributed by atoms with Crippen molar-refractivity contribution >= 4 is 0 Å². The van der Waals surface area contributed by atoms with E-state index in [1.54, 1.807) is 6.07 Å². The van der Waals surface area contributed by atoms with Crippen molar-refractivity contribution < 1.29 is 4.39 Å². The molecule has 0 aromatic heterocycles. The molecule has 1 unspecified atom stereocenters. The SMILES string of the molecule is CCNC(c1ccc(F)c(C)c1)c1cccc(C)c1C. The van der Waals surface area contributed by atoms with Gasteiger partial charge in [0, 0.05) is 0 Å². The molecule has 0 saturated heterocycles. The predicted octanol–water partition coefficient (Wildman–Crippen LogP) is 4.45. The monoisotopic (exact) mass is 271 g/mol. The van der Waals surface area contributed by atoms with Crippen molar-refractivity contribution in [3.05, 3.63) is 70.0 Å². The van der Waals surface area contributed by atoms with E-state index in [-0.39, 0.29) is 11.9 Å². The summed E-state index contributed by atoms with van der Waals surface area (Å²) in [4.78, 5) is 0. The molecule has 2 aromatic carbocycles. The first-order chi connectivity index (χ1) is 9.54. The first kappa shape index (κ1) is 14.7. The normalized spacial score (nSPS) is 12.4. The molecule has 106 valence electrons. The van der Waals surface area contributed by atoms with Gasteiger partial charge in [0.2, 0.25) is 0 Å².